The van der Waals surface area contributed by atoms with Gasteiger partial charge in [0.05, 0.1) is 0 Å². The van der Waals surface area contributed by atoms with E-state index in [9.17, 15) is 0 Å². The molecule has 0 amide bonds. The number of nitrogens with zero attached hydrogens (tertiary/aromatic N) is 1. The Morgan fingerprint density at radius 2 is 1.80 bits per heavy atom. The van der Waals surface area contributed by atoms with Crippen molar-refractivity contribution in [3.8, 4) is 0 Å². The first-order valence-corrected chi connectivity index (χ1v) is 4.24. The third-order valence-electron chi connectivity index (χ3n) is 2.67. The molecule has 0 aromatic rings. The molecule has 2 nitrogen and oxygen atoms in total. The summed E-state index contributed by atoms with van der Waals surface area (Å²) in [6, 6.07) is 0. The van der Waals surface area contributed by atoms with Crippen molar-refractivity contribution in [3.63, 3.8) is 0 Å². The van der Waals surface area contributed by atoms with Gasteiger partial charge >= 0.3 is 0 Å². The average molecular weight is 140 g/mol. The number of nitrogens with one attached hydrogen (secondary N) is 1. The number of fused-ring (bicyclic) bond motifs is 2. The summed E-state index contributed by atoms with van der Waals surface area (Å²) in [6.07, 6.45) is 1.47. The van der Waals surface area contributed by atoms with Crippen LogP contribution in [0, 0.1) is 11.8 Å². The molecule has 0 spiro atoms. The number of hydrogen-bond acceptors (Lipinski definition) is 2. The minimum Gasteiger partial charge on any atom is -0.316 e. The highest BCUT2D eigenvalue weighted by Gasteiger charge is 2.28. The largest absolute Gasteiger partial charge is 0.316 e. The first-order valence-electron chi connectivity index (χ1n) is 4.24. The summed E-state index contributed by atoms with van der Waals surface area (Å²) in [5.74, 6) is 1.88. The highest BCUT2D eigenvalue weighted by molar-refractivity contribution is 4.84. The van der Waals surface area contributed by atoms with Crippen molar-refractivity contribution in [3.05, 3.63) is 0 Å². The van der Waals surface area contributed by atoms with E-state index in [-0.39, 0.29) is 0 Å². The summed E-state index contributed by atoms with van der Waals surface area (Å²) in [6.45, 7) is 5.12. The van der Waals surface area contributed by atoms with Gasteiger partial charge in [-0.2, -0.15) is 0 Å². The van der Waals surface area contributed by atoms with Crippen molar-refractivity contribution in [1.82, 2.24) is 10.2 Å². The lowest BCUT2D eigenvalue weighted by Gasteiger charge is -2.39. The van der Waals surface area contributed by atoms with Crippen molar-refractivity contribution < 1.29 is 0 Å². The number of rotatable bonds is 0. The first-order chi connectivity index (χ1) is 4.84. The Hall–Kier alpha value is -0.0800. The molecule has 2 saturated heterocycles. The van der Waals surface area contributed by atoms with E-state index in [2.05, 4.69) is 17.3 Å². The summed E-state index contributed by atoms with van der Waals surface area (Å²) >= 11 is 0. The van der Waals surface area contributed by atoms with Crippen LogP contribution in [0.2, 0.25) is 0 Å². The number of piperidine rings is 2. The van der Waals surface area contributed by atoms with Crippen LogP contribution >= 0.6 is 0 Å². The summed E-state index contributed by atoms with van der Waals surface area (Å²) < 4.78 is 0. The van der Waals surface area contributed by atoms with Gasteiger partial charge in [-0.1, -0.05) is 0 Å². The molecule has 0 aliphatic carbocycles. The quantitative estimate of drug-likeness (QED) is 0.515. The molecule has 2 atom stereocenters. The molecule has 58 valence electrons. The van der Waals surface area contributed by atoms with Gasteiger partial charge in [0, 0.05) is 13.1 Å². The van der Waals surface area contributed by atoms with Crippen molar-refractivity contribution in [2.24, 2.45) is 11.8 Å². The summed E-state index contributed by atoms with van der Waals surface area (Å²) in [5, 5.41) is 3.48. The maximum Gasteiger partial charge on any atom is 0.00190 e. The Morgan fingerprint density at radius 1 is 1.20 bits per heavy atom. The van der Waals surface area contributed by atoms with Gasteiger partial charge in [-0.3, -0.25) is 0 Å². The van der Waals surface area contributed by atoms with Crippen LogP contribution in [-0.2, 0) is 0 Å². The van der Waals surface area contributed by atoms with E-state index in [0.29, 0.717) is 0 Å². The van der Waals surface area contributed by atoms with E-state index in [1.165, 1.54) is 32.6 Å². The van der Waals surface area contributed by atoms with E-state index in [1.54, 1.807) is 0 Å². The first kappa shape index (κ1) is 6.62. The molecular weight excluding hydrogens is 124 g/mol. The van der Waals surface area contributed by atoms with Gasteiger partial charge in [-0.25, -0.2) is 0 Å². The molecule has 2 bridgehead atoms. The van der Waals surface area contributed by atoms with Crippen LogP contribution in [0.5, 0.6) is 0 Å². The van der Waals surface area contributed by atoms with Crippen LogP contribution in [0.3, 0.4) is 0 Å². The molecule has 2 aliphatic rings. The van der Waals surface area contributed by atoms with Gasteiger partial charge in [-0.05, 0) is 38.4 Å². The molecule has 0 aromatic carbocycles. The Bertz CT molecular complexity index is 108. The minimum atomic E-state index is 0.942. The SMILES string of the molecule is CN1C[C@@H]2CNC[C@H](C2)C1. The van der Waals surface area contributed by atoms with Crippen LogP contribution in [0.25, 0.3) is 0 Å². The molecule has 2 fully saturated rings. The van der Waals surface area contributed by atoms with E-state index >= 15 is 0 Å². The maximum absolute atomic E-state index is 3.48. The van der Waals surface area contributed by atoms with Crippen LogP contribution in [0.15, 0.2) is 0 Å². The second-order valence-electron chi connectivity index (χ2n) is 3.85. The third-order valence-corrected chi connectivity index (χ3v) is 2.67. The van der Waals surface area contributed by atoms with Gasteiger partial charge in [0.1, 0.15) is 0 Å². The molecule has 2 heteroatoms. The summed E-state index contributed by atoms with van der Waals surface area (Å²) in [4.78, 5) is 2.47. The number of likely N-dealkylation sites (tertiary alicyclic amines) is 1. The van der Waals surface area contributed by atoms with Gasteiger partial charge < -0.3 is 10.2 Å². The fraction of sp³-hybridized carbons (Fsp3) is 1.00. The zero-order chi connectivity index (χ0) is 6.97. The molecule has 0 saturated carbocycles. The molecule has 1 N–H and O–H groups in total. The summed E-state index contributed by atoms with van der Waals surface area (Å²) in [5.41, 5.74) is 0. The monoisotopic (exact) mass is 140 g/mol. The third kappa shape index (κ3) is 1.18. The normalized spacial score (nSPS) is 41.7. The lowest BCUT2D eigenvalue weighted by molar-refractivity contribution is 0.119. The van der Waals surface area contributed by atoms with E-state index in [4.69, 9.17) is 0 Å². The van der Waals surface area contributed by atoms with E-state index in [1.807, 2.05) is 0 Å². The Morgan fingerprint density at radius 3 is 2.40 bits per heavy atom. The second kappa shape index (κ2) is 2.51. The Labute approximate surface area is 62.6 Å². The lowest BCUT2D eigenvalue weighted by atomic mass is 9.86. The van der Waals surface area contributed by atoms with Crippen LogP contribution in [-0.4, -0.2) is 38.1 Å². The van der Waals surface area contributed by atoms with Gasteiger partial charge in [0.25, 0.3) is 0 Å². The topological polar surface area (TPSA) is 15.3 Å². The molecule has 2 rings (SSSR count). The molecule has 0 aromatic heterocycles. The smallest absolute Gasteiger partial charge is 0.00190 e. The molecule has 0 unspecified atom stereocenters. The van der Waals surface area contributed by atoms with Crippen molar-refractivity contribution in [1.29, 1.82) is 0 Å². The lowest BCUT2D eigenvalue weighted by Crippen LogP contribution is -2.49. The van der Waals surface area contributed by atoms with Crippen molar-refractivity contribution in [2.45, 2.75) is 6.42 Å². The highest BCUT2D eigenvalue weighted by atomic mass is 15.1. The zero-order valence-corrected chi connectivity index (χ0v) is 6.64. The number of hydrogen-bond donors (Lipinski definition) is 1. The second-order valence-corrected chi connectivity index (χ2v) is 3.85. The highest BCUT2D eigenvalue weighted by Crippen LogP contribution is 2.22. The van der Waals surface area contributed by atoms with Gasteiger partial charge in [0.15, 0.2) is 0 Å². The van der Waals surface area contributed by atoms with Gasteiger partial charge in [-0.15, -0.1) is 0 Å². The molecular formula is C8H16N2. The van der Waals surface area contributed by atoms with Crippen LogP contribution < -0.4 is 5.32 Å². The molecule has 0 radical (unpaired) electrons. The minimum absolute atomic E-state index is 0.942. The Kier molecular flexibility index (Phi) is 1.66. The van der Waals surface area contributed by atoms with E-state index in [0.717, 1.165) is 11.8 Å². The molecule has 10 heavy (non-hydrogen) atoms. The maximum atomic E-state index is 3.48. The zero-order valence-electron chi connectivity index (χ0n) is 6.64. The fourth-order valence-electron chi connectivity index (χ4n) is 2.36. The average Bonchev–Trinajstić information content (AvgIpc) is 1.85. The van der Waals surface area contributed by atoms with Crippen LogP contribution in [0.1, 0.15) is 6.42 Å². The summed E-state index contributed by atoms with van der Waals surface area (Å²) in [7, 11) is 2.24. The standard InChI is InChI=1S/C8H16N2/c1-10-5-7-2-8(6-10)4-9-3-7/h7-9H,2-6H2,1H3/t7-,8-/m0/s1. The van der Waals surface area contributed by atoms with Crippen molar-refractivity contribution >= 4 is 0 Å². The van der Waals surface area contributed by atoms with Crippen LogP contribution in [0.4, 0.5) is 0 Å². The molecule has 2 aliphatic heterocycles. The van der Waals surface area contributed by atoms with Crippen molar-refractivity contribution in [2.75, 3.05) is 33.2 Å². The van der Waals surface area contributed by atoms with Gasteiger partial charge in [0.2, 0.25) is 0 Å². The fourth-order valence-corrected chi connectivity index (χ4v) is 2.36. The predicted octanol–water partition coefficient (Wildman–Crippen LogP) is 0.157. The Balaban J connectivity index is 1.98. The van der Waals surface area contributed by atoms with E-state index < -0.39 is 0 Å². The molecule has 2 heterocycles. The predicted molar refractivity (Wildman–Crippen MR) is 42.0 cm³/mol.